The Morgan fingerprint density at radius 2 is 2.18 bits per heavy atom. The largest absolute Gasteiger partial charge is 0.506 e. The number of aromatic carboxylic acids is 1. The Hall–Kier alpha value is -1.66. The molecule has 2 heterocycles. The number of fused-ring (bicyclic) bond motifs is 3. The smallest absolute Gasteiger partial charge is 0.341 e. The van der Waals surface area contributed by atoms with E-state index in [-0.39, 0.29) is 11.3 Å². The van der Waals surface area contributed by atoms with E-state index in [2.05, 4.69) is 4.98 Å². The lowest BCUT2D eigenvalue weighted by Crippen LogP contribution is -1.97. The van der Waals surface area contributed by atoms with Crippen LogP contribution in [0.4, 0.5) is 0 Å². The van der Waals surface area contributed by atoms with Crippen LogP contribution in [0.1, 0.15) is 15.4 Å². The first-order chi connectivity index (χ1) is 8.09. The highest BCUT2D eigenvalue weighted by atomic mass is 32.1. The maximum Gasteiger partial charge on any atom is 0.341 e. The lowest BCUT2D eigenvalue weighted by Gasteiger charge is -2.02. The van der Waals surface area contributed by atoms with E-state index in [1.807, 2.05) is 12.3 Å². The van der Waals surface area contributed by atoms with Crippen LogP contribution in [0.25, 0.3) is 20.3 Å². The summed E-state index contributed by atoms with van der Waals surface area (Å²) < 4.78 is 1.38. The van der Waals surface area contributed by atoms with Crippen molar-refractivity contribution in [1.29, 1.82) is 0 Å². The molecule has 4 nitrogen and oxygen atoms in total. The van der Waals surface area contributed by atoms with Crippen LogP contribution in [0.5, 0.6) is 5.75 Å². The van der Waals surface area contributed by atoms with E-state index < -0.39 is 5.97 Å². The minimum atomic E-state index is -1.12. The summed E-state index contributed by atoms with van der Waals surface area (Å²) in [6, 6.07) is 1.72. The summed E-state index contributed by atoms with van der Waals surface area (Å²) in [4.78, 5) is 15.6. The van der Waals surface area contributed by atoms with Gasteiger partial charge in [0, 0.05) is 5.39 Å². The van der Waals surface area contributed by atoms with Crippen molar-refractivity contribution in [2.75, 3.05) is 0 Å². The first-order valence-corrected chi connectivity index (χ1v) is 6.51. The van der Waals surface area contributed by atoms with Crippen molar-refractivity contribution in [3.63, 3.8) is 0 Å². The molecule has 0 amide bonds. The lowest BCUT2D eigenvalue weighted by atomic mass is 10.1. The van der Waals surface area contributed by atoms with Gasteiger partial charge >= 0.3 is 5.97 Å². The Morgan fingerprint density at radius 3 is 2.88 bits per heavy atom. The fourth-order valence-electron chi connectivity index (χ4n) is 1.87. The zero-order valence-electron chi connectivity index (χ0n) is 8.72. The Kier molecular flexibility index (Phi) is 2.11. The van der Waals surface area contributed by atoms with Crippen molar-refractivity contribution in [1.82, 2.24) is 4.98 Å². The molecule has 86 valence electrons. The molecular formula is C11H7NO3S2. The summed E-state index contributed by atoms with van der Waals surface area (Å²) in [5.41, 5.74) is 0.629. The summed E-state index contributed by atoms with van der Waals surface area (Å²) >= 11 is 2.75. The van der Waals surface area contributed by atoms with Gasteiger partial charge in [-0.2, -0.15) is 0 Å². The van der Waals surface area contributed by atoms with E-state index in [4.69, 9.17) is 0 Å². The van der Waals surface area contributed by atoms with E-state index in [1.54, 1.807) is 6.07 Å². The number of rotatable bonds is 1. The topological polar surface area (TPSA) is 70.4 Å². The predicted octanol–water partition coefficient (Wildman–Crippen LogP) is 3.22. The normalized spacial score (nSPS) is 11.4. The molecule has 0 aliphatic rings. The van der Waals surface area contributed by atoms with Gasteiger partial charge in [0.25, 0.3) is 0 Å². The summed E-state index contributed by atoms with van der Waals surface area (Å²) in [6.07, 6.45) is 0. The van der Waals surface area contributed by atoms with Crippen LogP contribution in [-0.2, 0) is 0 Å². The molecule has 6 heteroatoms. The molecule has 0 aliphatic heterocycles. The molecule has 3 rings (SSSR count). The van der Waals surface area contributed by atoms with Gasteiger partial charge < -0.3 is 10.2 Å². The predicted molar refractivity (Wildman–Crippen MR) is 68.4 cm³/mol. The Balaban J connectivity index is 2.65. The molecule has 1 aromatic carbocycles. The monoisotopic (exact) mass is 265 g/mol. The third kappa shape index (κ3) is 1.34. The highest BCUT2D eigenvalue weighted by Gasteiger charge is 2.22. The first-order valence-electron chi connectivity index (χ1n) is 4.82. The Labute approximate surface area is 104 Å². The van der Waals surface area contributed by atoms with Crippen molar-refractivity contribution in [2.45, 2.75) is 6.92 Å². The summed E-state index contributed by atoms with van der Waals surface area (Å²) in [6.45, 7) is 1.83. The van der Waals surface area contributed by atoms with Gasteiger partial charge in [-0.25, -0.2) is 9.78 Å². The molecule has 0 saturated heterocycles. The minimum absolute atomic E-state index is 0.0449. The molecule has 0 fully saturated rings. The highest BCUT2D eigenvalue weighted by Crippen LogP contribution is 2.41. The molecule has 17 heavy (non-hydrogen) atoms. The van der Waals surface area contributed by atoms with E-state index in [0.29, 0.717) is 15.6 Å². The number of nitrogens with zero attached hydrogens (tertiary/aromatic N) is 1. The van der Waals surface area contributed by atoms with E-state index in [0.717, 1.165) is 9.71 Å². The second kappa shape index (κ2) is 3.41. The number of aryl methyl sites for hydroxylation is 1. The maximum absolute atomic E-state index is 11.2. The Morgan fingerprint density at radius 1 is 1.41 bits per heavy atom. The van der Waals surface area contributed by atoms with E-state index >= 15 is 0 Å². The molecule has 2 aromatic heterocycles. The van der Waals surface area contributed by atoms with Crippen LogP contribution in [0.3, 0.4) is 0 Å². The van der Waals surface area contributed by atoms with E-state index in [1.165, 1.54) is 22.7 Å². The fraction of sp³-hybridized carbons (Fsp3) is 0.0909. The average molecular weight is 265 g/mol. The molecule has 0 atom stereocenters. The van der Waals surface area contributed by atoms with Gasteiger partial charge in [0.05, 0.1) is 14.4 Å². The summed E-state index contributed by atoms with van der Waals surface area (Å²) in [7, 11) is 0. The summed E-state index contributed by atoms with van der Waals surface area (Å²) in [5.74, 6) is -1.28. The number of hydrogen-bond acceptors (Lipinski definition) is 5. The van der Waals surface area contributed by atoms with Gasteiger partial charge in [-0.05, 0) is 18.4 Å². The number of carboxylic acid groups (broad SMARTS) is 1. The molecule has 3 aromatic rings. The van der Waals surface area contributed by atoms with Gasteiger partial charge in [0.1, 0.15) is 16.8 Å². The van der Waals surface area contributed by atoms with Crippen LogP contribution in [0.2, 0.25) is 0 Å². The average Bonchev–Trinajstić information content (AvgIpc) is 2.82. The Bertz CT molecular complexity index is 757. The van der Waals surface area contributed by atoms with E-state index in [9.17, 15) is 15.0 Å². The standard InChI is InChI=1S/C11H7NO3S2/c1-4-12-7-9-5(2-3-16-9)8(13)6(11(14)15)10(7)17-4/h2-3,13H,1H3,(H,14,15). The van der Waals surface area contributed by atoms with Gasteiger partial charge in [-0.1, -0.05) is 0 Å². The van der Waals surface area contributed by atoms with Gasteiger partial charge in [0.15, 0.2) is 0 Å². The highest BCUT2D eigenvalue weighted by molar-refractivity contribution is 7.22. The van der Waals surface area contributed by atoms with Gasteiger partial charge in [-0.3, -0.25) is 0 Å². The first kappa shape index (κ1) is 10.5. The molecule has 2 N–H and O–H groups in total. The quantitative estimate of drug-likeness (QED) is 0.708. The number of hydrogen-bond donors (Lipinski definition) is 2. The number of carboxylic acids is 1. The van der Waals surface area contributed by atoms with Crippen LogP contribution < -0.4 is 0 Å². The number of aromatic hydroxyl groups is 1. The number of benzene rings is 1. The zero-order valence-corrected chi connectivity index (χ0v) is 10.4. The van der Waals surface area contributed by atoms with Crippen molar-refractivity contribution in [3.05, 3.63) is 22.0 Å². The number of thiazole rings is 1. The second-order valence-corrected chi connectivity index (χ2v) is 5.72. The SMILES string of the molecule is Cc1nc2c(s1)c(C(=O)O)c(O)c1ccsc12. The second-order valence-electron chi connectivity index (χ2n) is 3.60. The van der Waals surface area contributed by atoms with Gasteiger partial charge in [0.2, 0.25) is 0 Å². The number of thiophene rings is 1. The minimum Gasteiger partial charge on any atom is -0.506 e. The molecular weight excluding hydrogens is 258 g/mol. The molecule has 0 unspecified atom stereocenters. The molecule has 0 aliphatic carbocycles. The number of phenols is 1. The summed E-state index contributed by atoms with van der Waals surface area (Å²) in [5, 5.41) is 22.4. The van der Waals surface area contributed by atoms with Crippen molar-refractivity contribution in [3.8, 4) is 5.75 Å². The molecule has 0 radical (unpaired) electrons. The van der Waals surface area contributed by atoms with Crippen molar-refractivity contribution >= 4 is 48.9 Å². The maximum atomic E-state index is 11.2. The van der Waals surface area contributed by atoms with Gasteiger partial charge in [-0.15, -0.1) is 22.7 Å². The van der Waals surface area contributed by atoms with Crippen molar-refractivity contribution in [2.24, 2.45) is 0 Å². The third-order valence-electron chi connectivity index (χ3n) is 2.55. The fourth-order valence-corrected chi connectivity index (χ4v) is 3.79. The van der Waals surface area contributed by atoms with Crippen molar-refractivity contribution < 1.29 is 15.0 Å². The third-order valence-corrected chi connectivity index (χ3v) is 4.46. The lowest BCUT2D eigenvalue weighted by molar-refractivity contribution is 0.0696. The van der Waals surface area contributed by atoms with Crippen LogP contribution in [-0.4, -0.2) is 21.2 Å². The van der Waals surface area contributed by atoms with Crippen LogP contribution >= 0.6 is 22.7 Å². The molecule has 0 saturated carbocycles. The van der Waals surface area contributed by atoms with Crippen LogP contribution in [0, 0.1) is 6.92 Å². The number of carbonyl (C=O) groups is 1. The van der Waals surface area contributed by atoms with Crippen LogP contribution in [0.15, 0.2) is 11.4 Å². The molecule has 0 bridgehead atoms. The number of aromatic nitrogens is 1. The zero-order chi connectivity index (χ0) is 12.2. The molecule has 0 spiro atoms.